The molecule has 1 heterocycles. The molecule has 0 spiro atoms. The van der Waals surface area contributed by atoms with Crippen molar-refractivity contribution in [1.29, 1.82) is 0 Å². The standard InChI is InChI=1S/C13H13Cl2N3/c1-8(2)11-12(15)16-7-17-13(11)18-10-5-3-4-9(14)6-10/h3-8H,1-2H3,(H,16,17,18). The van der Waals surface area contributed by atoms with E-state index in [9.17, 15) is 0 Å². The van der Waals surface area contributed by atoms with Gasteiger partial charge in [0.15, 0.2) is 0 Å². The van der Waals surface area contributed by atoms with Gasteiger partial charge in [0.1, 0.15) is 17.3 Å². The molecule has 1 N–H and O–H groups in total. The van der Waals surface area contributed by atoms with Crippen molar-refractivity contribution in [1.82, 2.24) is 9.97 Å². The van der Waals surface area contributed by atoms with Crippen molar-refractivity contribution in [2.24, 2.45) is 0 Å². The lowest BCUT2D eigenvalue weighted by Gasteiger charge is -2.14. The maximum absolute atomic E-state index is 6.10. The molecule has 0 atom stereocenters. The lowest BCUT2D eigenvalue weighted by atomic mass is 10.1. The Labute approximate surface area is 116 Å². The SMILES string of the molecule is CC(C)c1c(Cl)ncnc1Nc1cccc(Cl)c1. The summed E-state index contributed by atoms with van der Waals surface area (Å²) < 4.78 is 0. The van der Waals surface area contributed by atoms with Crippen LogP contribution in [0.3, 0.4) is 0 Å². The first-order chi connectivity index (χ1) is 8.58. The van der Waals surface area contributed by atoms with Gasteiger partial charge in [-0.05, 0) is 24.1 Å². The van der Waals surface area contributed by atoms with Crippen molar-refractivity contribution < 1.29 is 0 Å². The van der Waals surface area contributed by atoms with Crippen molar-refractivity contribution in [2.75, 3.05) is 5.32 Å². The quantitative estimate of drug-likeness (QED) is 0.832. The second kappa shape index (κ2) is 5.55. The highest BCUT2D eigenvalue weighted by Crippen LogP contribution is 2.30. The minimum absolute atomic E-state index is 0.236. The molecule has 18 heavy (non-hydrogen) atoms. The summed E-state index contributed by atoms with van der Waals surface area (Å²) >= 11 is 12.1. The second-order valence-corrected chi connectivity index (χ2v) is 5.01. The molecule has 0 amide bonds. The second-order valence-electron chi connectivity index (χ2n) is 4.22. The van der Waals surface area contributed by atoms with Crippen LogP contribution in [0.5, 0.6) is 0 Å². The Kier molecular flexibility index (Phi) is 4.04. The van der Waals surface area contributed by atoms with Crippen LogP contribution in [-0.4, -0.2) is 9.97 Å². The van der Waals surface area contributed by atoms with E-state index in [1.54, 1.807) is 0 Å². The topological polar surface area (TPSA) is 37.8 Å². The Bertz CT molecular complexity index is 556. The third-order valence-electron chi connectivity index (χ3n) is 2.50. The zero-order valence-corrected chi connectivity index (χ0v) is 11.6. The van der Waals surface area contributed by atoms with Gasteiger partial charge in [-0.2, -0.15) is 0 Å². The molecule has 0 bridgehead atoms. The van der Waals surface area contributed by atoms with E-state index in [4.69, 9.17) is 23.2 Å². The molecule has 0 aliphatic rings. The number of aromatic nitrogens is 2. The largest absolute Gasteiger partial charge is 0.340 e. The molecule has 0 fully saturated rings. The first kappa shape index (κ1) is 13.1. The van der Waals surface area contributed by atoms with Crippen LogP contribution >= 0.6 is 23.2 Å². The zero-order valence-electron chi connectivity index (χ0n) is 10.1. The summed E-state index contributed by atoms with van der Waals surface area (Å²) in [6.07, 6.45) is 1.45. The molecule has 2 rings (SSSR count). The number of rotatable bonds is 3. The lowest BCUT2D eigenvalue weighted by Crippen LogP contribution is -2.02. The molecule has 0 saturated heterocycles. The van der Waals surface area contributed by atoms with Crippen molar-refractivity contribution in [3.63, 3.8) is 0 Å². The highest BCUT2D eigenvalue weighted by atomic mass is 35.5. The van der Waals surface area contributed by atoms with E-state index in [-0.39, 0.29) is 5.92 Å². The van der Waals surface area contributed by atoms with Crippen LogP contribution in [0.25, 0.3) is 0 Å². The van der Waals surface area contributed by atoms with Gasteiger partial charge in [0.25, 0.3) is 0 Å². The number of hydrogen-bond acceptors (Lipinski definition) is 3. The molecule has 94 valence electrons. The van der Waals surface area contributed by atoms with E-state index in [0.29, 0.717) is 16.0 Å². The molecule has 0 radical (unpaired) electrons. The fraction of sp³-hybridized carbons (Fsp3) is 0.231. The van der Waals surface area contributed by atoms with E-state index in [0.717, 1.165) is 11.3 Å². The maximum Gasteiger partial charge on any atom is 0.138 e. The van der Waals surface area contributed by atoms with Gasteiger partial charge in [-0.15, -0.1) is 0 Å². The average Bonchev–Trinajstić information content (AvgIpc) is 2.28. The fourth-order valence-electron chi connectivity index (χ4n) is 1.69. The summed E-state index contributed by atoms with van der Waals surface area (Å²) in [5.41, 5.74) is 1.78. The van der Waals surface area contributed by atoms with Crippen molar-refractivity contribution in [3.8, 4) is 0 Å². The number of halogens is 2. The summed E-state index contributed by atoms with van der Waals surface area (Å²) in [5.74, 6) is 0.952. The molecule has 0 unspecified atom stereocenters. The molecule has 1 aromatic heterocycles. The predicted octanol–water partition coefficient (Wildman–Crippen LogP) is 4.65. The molecule has 3 nitrogen and oxygen atoms in total. The van der Waals surface area contributed by atoms with Crippen molar-refractivity contribution in [2.45, 2.75) is 19.8 Å². The van der Waals surface area contributed by atoms with Crippen LogP contribution < -0.4 is 5.32 Å². The molecule has 2 aromatic rings. The summed E-state index contributed by atoms with van der Waals surface area (Å²) in [5, 5.41) is 4.36. The Hall–Kier alpha value is -1.32. The first-order valence-electron chi connectivity index (χ1n) is 5.61. The minimum Gasteiger partial charge on any atom is -0.340 e. The van der Waals surface area contributed by atoms with Gasteiger partial charge >= 0.3 is 0 Å². The summed E-state index contributed by atoms with van der Waals surface area (Å²) in [4.78, 5) is 8.24. The van der Waals surface area contributed by atoms with E-state index < -0.39 is 0 Å². The molecule has 0 saturated carbocycles. The lowest BCUT2D eigenvalue weighted by molar-refractivity contribution is 0.850. The highest BCUT2D eigenvalue weighted by Gasteiger charge is 2.13. The number of hydrogen-bond donors (Lipinski definition) is 1. The van der Waals surface area contributed by atoms with Crippen LogP contribution in [0.2, 0.25) is 10.2 Å². The van der Waals surface area contributed by atoms with E-state index in [1.807, 2.05) is 38.1 Å². The van der Waals surface area contributed by atoms with E-state index in [1.165, 1.54) is 6.33 Å². The van der Waals surface area contributed by atoms with Gasteiger partial charge in [-0.3, -0.25) is 0 Å². The number of nitrogens with one attached hydrogen (secondary N) is 1. The number of anilines is 2. The Morgan fingerprint density at radius 3 is 2.61 bits per heavy atom. The molecule has 5 heteroatoms. The van der Waals surface area contributed by atoms with E-state index >= 15 is 0 Å². The van der Waals surface area contributed by atoms with Crippen molar-refractivity contribution in [3.05, 3.63) is 46.3 Å². The van der Waals surface area contributed by atoms with Gasteiger partial charge in [0.05, 0.1) is 0 Å². The molecule has 1 aromatic carbocycles. The van der Waals surface area contributed by atoms with Crippen LogP contribution in [-0.2, 0) is 0 Å². The van der Waals surface area contributed by atoms with Gasteiger partial charge in [0.2, 0.25) is 0 Å². The monoisotopic (exact) mass is 281 g/mol. The fourth-order valence-corrected chi connectivity index (χ4v) is 2.23. The predicted molar refractivity (Wildman–Crippen MR) is 75.9 cm³/mol. The zero-order chi connectivity index (χ0) is 13.1. The molecular weight excluding hydrogens is 269 g/mol. The van der Waals surface area contributed by atoms with Crippen molar-refractivity contribution >= 4 is 34.7 Å². The summed E-state index contributed by atoms with van der Waals surface area (Å²) in [6.45, 7) is 4.10. The Morgan fingerprint density at radius 1 is 1.17 bits per heavy atom. The van der Waals surface area contributed by atoms with Gasteiger partial charge < -0.3 is 5.32 Å². The molecule has 0 aliphatic heterocycles. The third kappa shape index (κ3) is 2.92. The highest BCUT2D eigenvalue weighted by molar-refractivity contribution is 6.31. The van der Waals surface area contributed by atoms with E-state index in [2.05, 4.69) is 15.3 Å². The molecule has 0 aliphatic carbocycles. The summed E-state index contributed by atoms with van der Waals surface area (Å²) in [7, 11) is 0. The first-order valence-corrected chi connectivity index (χ1v) is 6.36. The van der Waals surface area contributed by atoms with Gasteiger partial charge in [0, 0.05) is 16.3 Å². The molecular formula is C13H13Cl2N3. The maximum atomic E-state index is 6.10. The normalized spacial score (nSPS) is 10.7. The smallest absolute Gasteiger partial charge is 0.138 e. The number of benzene rings is 1. The van der Waals surface area contributed by atoms with Gasteiger partial charge in [-0.1, -0.05) is 43.1 Å². The Morgan fingerprint density at radius 2 is 1.94 bits per heavy atom. The summed E-state index contributed by atoms with van der Waals surface area (Å²) in [6, 6.07) is 7.46. The average molecular weight is 282 g/mol. The number of nitrogens with zero attached hydrogens (tertiary/aromatic N) is 2. The third-order valence-corrected chi connectivity index (χ3v) is 3.04. The van der Waals surface area contributed by atoms with Crippen LogP contribution in [0.1, 0.15) is 25.3 Å². The minimum atomic E-state index is 0.236. The van der Waals surface area contributed by atoms with Crippen LogP contribution in [0.15, 0.2) is 30.6 Å². The Balaban J connectivity index is 2.37. The van der Waals surface area contributed by atoms with Gasteiger partial charge in [-0.25, -0.2) is 9.97 Å². The van der Waals surface area contributed by atoms with Crippen LogP contribution in [0, 0.1) is 0 Å². The van der Waals surface area contributed by atoms with Crippen LogP contribution in [0.4, 0.5) is 11.5 Å².